The molecule has 9 heterocycles. The molecule has 0 atom stereocenters. The minimum atomic E-state index is 0.338. The summed E-state index contributed by atoms with van der Waals surface area (Å²) in [7, 11) is 0. The van der Waals surface area contributed by atoms with Crippen LogP contribution in [0.3, 0.4) is 0 Å². The number of imidazole rings is 2. The molecule has 6 aromatic heterocycles. The summed E-state index contributed by atoms with van der Waals surface area (Å²) in [5.74, 6) is 1.72. The highest BCUT2D eigenvalue weighted by Gasteiger charge is 2.69. The number of fused-ring (bicyclic) bond motifs is 12. The van der Waals surface area contributed by atoms with E-state index >= 15 is 0 Å². The van der Waals surface area contributed by atoms with Crippen LogP contribution in [0.4, 0.5) is 11.4 Å². The van der Waals surface area contributed by atoms with Crippen LogP contribution in [0.15, 0.2) is 109 Å². The minimum absolute atomic E-state index is 0.338. The van der Waals surface area contributed by atoms with E-state index in [0.29, 0.717) is 4.70 Å². The first-order chi connectivity index (χ1) is 21.9. The van der Waals surface area contributed by atoms with Gasteiger partial charge in [-0.1, -0.05) is 24.3 Å². The Labute approximate surface area is 246 Å². The van der Waals surface area contributed by atoms with Crippen LogP contribution in [-0.2, 0) is 0 Å². The second-order valence-corrected chi connectivity index (χ2v) is 12.0. The molecule has 4 aromatic carbocycles. The number of hydrogen-bond acceptors (Lipinski definition) is 3. The first kappa shape index (κ1) is 20.7. The van der Waals surface area contributed by atoms with E-state index in [1.165, 1.54) is 10.8 Å². The average molecular weight is 565 g/mol. The Morgan fingerprint density at radius 3 is 1.52 bits per heavy atom. The smallest absolute Gasteiger partial charge is 0.358 e. The second kappa shape index (κ2) is 6.29. The van der Waals surface area contributed by atoms with Crippen molar-refractivity contribution < 1.29 is 14.1 Å². The van der Waals surface area contributed by atoms with Gasteiger partial charge in [-0.3, -0.25) is 9.97 Å². The maximum Gasteiger partial charge on any atom is 0.358 e. The monoisotopic (exact) mass is 564 g/mol. The molecule has 0 unspecified atom stereocenters. The molecule has 0 saturated heterocycles. The Kier molecular flexibility index (Phi) is 2.96. The fourth-order valence-electron chi connectivity index (χ4n) is 8.88. The lowest BCUT2D eigenvalue weighted by atomic mass is 10.0. The van der Waals surface area contributed by atoms with Crippen LogP contribution in [0.5, 0.6) is 11.5 Å². The summed E-state index contributed by atoms with van der Waals surface area (Å²) in [4.78, 5) is 9.93. The van der Waals surface area contributed by atoms with Crippen molar-refractivity contribution in [3.05, 3.63) is 109 Å². The largest absolute Gasteiger partial charge is 0.444 e. The van der Waals surface area contributed by atoms with Gasteiger partial charge in [0, 0.05) is 32.5 Å². The van der Waals surface area contributed by atoms with Crippen LogP contribution < -0.4 is 18.8 Å². The van der Waals surface area contributed by atoms with E-state index < -0.39 is 0 Å². The van der Waals surface area contributed by atoms with Crippen LogP contribution >= 0.6 is 0 Å². The van der Waals surface area contributed by atoms with E-state index in [1.807, 2.05) is 24.5 Å². The highest BCUT2D eigenvalue weighted by atomic mass is 16.5. The van der Waals surface area contributed by atoms with Gasteiger partial charge in [0.2, 0.25) is 11.0 Å². The fraction of sp³-hybridized carbons (Fsp3) is 0. The fourth-order valence-corrected chi connectivity index (χ4v) is 8.88. The molecular weight excluding hydrogens is 546 g/mol. The molecule has 0 radical (unpaired) electrons. The Balaban J connectivity index is 1.45. The number of nitrogens with zero attached hydrogens (tertiary/aromatic N) is 7. The molecule has 8 nitrogen and oxygen atoms in total. The first-order valence-corrected chi connectivity index (χ1v) is 14.8. The van der Waals surface area contributed by atoms with E-state index in [4.69, 9.17) is 14.7 Å². The maximum absolute atomic E-state index is 6.89. The number of aromatic nitrogens is 6. The van der Waals surface area contributed by atoms with Gasteiger partial charge in [-0.15, -0.1) is 0 Å². The molecule has 0 bridgehead atoms. The zero-order valence-corrected chi connectivity index (χ0v) is 22.9. The standard InChI is InChI=1S/C36H18N7O/c1-3-9-23-21(7-1)39-25-11-5-17-37-31(25)19-13-15-27-33-29(19)35(39)41(23)43(33)34-28(44-27)16-14-20-30(34)36-40(26-12-6-18-38-32(20)26)22-8-2-4-10-24(22)42(36)43/h1-18H/q+3. The van der Waals surface area contributed by atoms with Crippen molar-refractivity contribution in [2.75, 3.05) is 0 Å². The van der Waals surface area contributed by atoms with Crippen LogP contribution in [0.2, 0.25) is 0 Å². The lowest BCUT2D eigenvalue weighted by Crippen LogP contribution is -2.81. The molecule has 44 heavy (non-hydrogen) atoms. The number of hydrogen-bond donors (Lipinski definition) is 0. The Hall–Kier alpha value is -6.12. The molecule has 0 N–H and O–H groups in total. The summed E-state index contributed by atoms with van der Waals surface area (Å²) in [6.07, 6.45) is 3.79. The van der Waals surface area contributed by atoms with Gasteiger partial charge in [0.1, 0.15) is 11.0 Å². The SMILES string of the molecule is c1cnc2c3ccc4c5c3c3n(c2c1)c1ccccc1[n+]3[N+]51c2c(ccc3c5ncccc5n5c6ccccc6[n+]1c5c23)O4. The number of pyridine rings is 4. The quantitative estimate of drug-likeness (QED) is 0.116. The van der Waals surface area contributed by atoms with Crippen LogP contribution in [-0.4, -0.2) is 18.8 Å². The summed E-state index contributed by atoms with van der Waals surface area (Å²) in [5.41, 5.74) is 13.2. The third-order valence-corrected chi connectivity index (χ3v) is 10.2. The van der Waals surface area contributed by atoms with Crippen molar-refractivity contribution in [2.24, 2.45) is 0 Å². The molecule has 0 saturated carbocycles. The maximum atomic E-state index is 6.89. The number of ether oxygens (including phenoxy) is 1. The summed E-state index contributed by atoms with van der Waals surface area (Å²) in [5, 5.41) is 4.58. The molecule has 0 amide bonds. The van der Waals surface area contributed by atoms with Crippen molar-refractivity contribution in [1.29, 1.82) is 0 Å². The molecule has 200 valence electrons. The van der Waals surface area contributed by atoms with Gasteiger partial charge in [0.15, 0.2) is 44.3 Å². The Morgan fingerprint density at radius 2 is 1.00 bits per heavy atom. The van der Waals surface area contributed by atoms with Gasteiger partial charge >= 0.3 is 11.3 Å². The molecule has 3 aliphatic heterocycles. The third kappa shape index (κ3) is 1.80. The summed E-state index contributed by atoms with van der Waals surface area (Å²) in [6.45, 7) is 0. The lowest BCUT2D eigenvalue weighted by Gasteiger charge is -2.28. The Bertz CT molecular complexity index is 2890. The zero-order chi connectivity index (χ0) is 28.1. The van der Waals surface area contributed by atoms with Crippen molar-refractivity contribution in [1.82, 2.24) is 23.5 Å². The summed E-state index contributed by atoms with van der Waals surface area (Å²) in [6, 6.07) is 34.6. The lowest BCUT2D eigenvalue weighted by molar-refractivity contribution is -0.995. The average Bonchev–Trinajstić information content (AvgIpc) is 3.79. The summed E-state index contributed by atoms with van der Waals surface area (Å²) >= 11 is 0. The number of para-hydroxylation sites is 4. The molecule has 3 aliphatic rings. The van der Waals surface area contributed by atoms with E-state index in [2.05, 4.69) is 103 Å². The van der Waals surface area contributed by atoms with Gasteiger partial charge in [-0.25, -0.2) is 0 Å². The van der Waals surface area contributed by atoms with E-state index in [-0.39, 0.29) is 0 Å². The second-order valence-electron chi connectivity index (χ2n) is 12.0. The molecular formula is C36H18N7O+3. The highest BCUT2D eigenvalue weighted by Crippen LogP contribution is 2.61. The van der Waals surface area contributed by atoms with Gasteiger partial charge in [-0.2, -0.15) is 8.80 Å². The molecule has 1 spiro atoms. The first-order valence-electron chi connectivity index (χ1n) is 14.8. The van der Waals surface area contributed by atoms with Gasteiger partial charge in [0.05, 0.1) is 4.70 Å². The molecule has 0 fully saturated rings. The molecule has 8 heteroatoms. The molecule has 13 rings (SSSR count). The molecule has 0 aliphatic carbocycles. The molecule has 10 aromatic rings. The highest BCUT2D eigenvalue weighted by molar-refractivity contribution is 6.22. The van der Waals surface area contributed by atoms with Crippen LogP contribution in [0, 0.1) is 0 Å². The van der Waals surface area contributed by atoms with Gasteiger partial charge in [0.25, 0.3) is 11.4 Å². The van der Waals surface area contributed by atoms with Crippen LogP contribution in [0.25, 0.3) is 77.0 Å². The van der Waals surface area contributed by atoms with Crippen LogP contribution in [0.1, 0.15) is 0 Å². The third-order valence-electron chi connectivity index (χ3n) is 10.2. The summed E-state index contributed by atoms with van der Waals surface area (Å²) < 4.78 is 17.1. The topological polar surface area (TPSA) is 51.6 Å². The van der Waals surface area contributed by atoms with E-state index in [1.54, 1.807) is 0 Å². The van der Waals surface area contributed by atoms with E-state index in [0.717, 1.165) is 89.1 Å². The number of benzene rings is 4. The van der Waals surface area contributed by atoms with Crippen molar-refractivity contribution in [3.8, 4) is 11.5 Å². The Morgan fingerprint density at radius 1 is 0.523 bits per heavy atom. The van der Waals surface area contributed by atoms with Crippen molar-refractivity contribution in [3.63, 3.8) is 0 Å². The number of rotatable bonds is 0. The normalized spacial score (nSPS) is 15.2. The van der Waals surface area contributed by atoms with Gasteiger partial charge < -0.3 is 4.74 Å². The minimum Gasteiger partial charge on any atom is -0.444 e. The van der Waals surface area contributed by atoms with Gasteiger partial charge in [-0.05, 0) is 72.8 Å². The van der Waals surface area contributed by atoms with Crippen molar-refractivity contribution in [2.45, 2.75) is 0 Å². The number of quaternary nitrogens is 1. The zero-order valence-electron chi connectivity index (χ0n) is 22.9. The predicted molar refractivity (Wildman–Crippen MR) is 168 cm³/mol. The van der Waals surface area contributed by atoms with E-state index in [9.17, 15) is 0 Å². The predicted octanol–water partition coefficient (Wildman–Crippen LogP) is 6.77. The van der Waals surface area contributed by atoms with Crippen molar-refractivity contribution >= 4 is 88.3 Å².